The van der Waals surface area contributed by atoms with Crippen molar-refractivity contribution in [3.63, 3.8) is 0 Å². The Hall–Kier alpha value is -0.640. The average Bonchev–Trinajstić information content (AvgIpc) is 2.83. The van der Waals surface area contributed by atoms with E-state index in [1.54, 1.807) is 0 Å². The van der Waals surface area contributed by atoms with E-state index in [0.717, 1.165) is 25.7 Å². The lowest BCUT2D eigenvalue weighted by molar-refractivity contribution is -0.153. The van der Waals surface area contributed by atoms with Gasteiger partial charge in [0.2, 0.25) is 0 Å². The standard InChI is InChI=1S/C20H30O3/c1-19-8-6-13(21)10-12(19)11-16(23-3)18-14-4-5-17(22)20(14,2)9-7-15(18)19/h4-6,8,12-18,21-22H,7,9-11H2,1-3H3/t12-,13-,14-,15-,16-,17-,18-,19-,20-/m0/s1. The Kier molecular flexibility index (Phi) is 3.57. The van der Waals surface area contributed by atoms with E-state index in [-0.39, 0.29) is 29.1 Å². The van der Waals surface area contributed by atoms with Crippen molar-refractivity contribution in [2.45, 2.75) is 57.8 Å². The molecule has 4 rings (SSSR count). The molecule has 0 aromatic carbocycles. The molecule has 9 atom stereocenters. The Bertz CT molecular complexity index is 541. The number of fused-ring (bicyclic) bond motifs is 5. The van der Waals surface area contributed by atoms with Gasteiger partial charge >= 0.3 is 0 Å². The second kappa shape index (κ2) is 5.18. The molecule has 0 aliphatic heterocycles. The third-order valence-corrected chi connectivity index (χ3v) is 7.94. The minimum Gasteiger partial charge on any atom is -0.389 e. The lowest BCUT2D eigenvalue weighted by Crippen LogP contribution is -2.58. The number of aliphatic hydroxyl groups excluding tert-OH is 2. The first kappa shape index (κ1) is 15.9. The van der Waals surface area contributed by atoms with E-state index in [1.807, 2.05) is 19.3 Å². The van der Waals surface area contributed by atoms with Crippen LogP contribution in [-0.4, -0.2) is 35.6 Å². The number of aliphatic hydroxyl groups is 2. The molecule has 4 aliphatic carbocycles. The number of hydrogen-bond donors (Lipinski definition) is 2. The molecular weight excluding hydrogens is 288 g/mol. The van der Waals surface area contributed by atoms with Gasteiger partial charge in [0.25, 0.3) is 0 Å². The molecule has 3 nitrogen and oxygen atoms in total. The van der Waals surface area contributed by atoms with Crippen LogP contribution in [0.15, 0.2) is 24.3 Å². The van der Waals surface area contributed by atoms with Gasteiger partial charge < -0.3 is 14.9 Å². The molecule has 0 saturated heterocycles. The fourth-order valence-electron chi connectivity index (χ4n) is 6.42. The molecule has 0 bridgehead atoms. The van der Waals surface area contributed by atoms with Gasteiger partial charge in [-0.05, 0) is 54.8 Å². The molecule has 0 heterocycles. The van der Waals surface area contributed by atoms with Crippen LogP contribution < -0.4 is 0 Å². The molecule has 2 saturated carbocycles. The topological polar surface area (TPSA) is 49.7 Å². The first-order valence-corrected chi connectivity index (χ1v) is 9.17. The SMILES string of the molecule is CO[C@H]1C[C@@H]2C[C@@H](O)C=C[C@]2(C)[C@H]2CC[C@]3(C)[C@@H](O)C=C[C@H]3[C@H]12. The molecule has 23 heavy (non-hydrogen) atoms. The van der Waals surface area contributed by atoms with Crippen molar-refractivity contribution < 1.29 is 14.9 Å². The van der Waals surface area contributed by atoms with Crippen molar-refractivity contribution in [2.75, 3.05) is 7.11 Å². The molecule has 3 heteroatoms. The van der Waals surface area contributed by atoms with E-state index in [2.05, 4.69) is 26.0 Å². The van der Waals surface area contributed by atoms with Crippen molar-refractivity contribution in [2.24, 2.45) is 34.5 Å². The summed E-state index contributed by atoms with van der Waals surface area (Å²) in [6.07, 6.45) is 12.3. The minimum absolute atomic E-state index is 0.0287. The van der Waals surface area contributed by atoms with Gasteiger partial charge in [0.05, 0.1) is 18.3 Å². The van der Waals surface area contributed by atoms with Gasteiger partial charge in [-0.15, -0.1) is 0 Å². The fourth-order valence-corrected chi connectivity index (χ4v) is 6.42. The lowest BCUT2D eigenvalue weighted by Gasteiger charge is -2.60. The summed E-state index contributed by atoms with van der Waals surface area (Å²) in [5, 5.41) is 20.6. The summed E-state index contributed by atoms with van der Waals surface area (Å²) in [7, 11) is 1.83. The van der Waals surface area contributed by atoms with Crippen LogP contribution in [0.1, 0.15) is 39.5 Å². The largest absolute Gasteiger partial charge is 0.389 e. The molecule has 0 aromatic rings. The van der Waals surface area contributed by atoms with Crippen molar-refractivity contribution in [1.82, 2.24) is 0 Å². The molecular formula is C20H30O3. The Morgan fingerprint density at radius 3 is 2.61 bits per heavy atom. The second-order valence-electron chi connectivity index (χ2n) is 8.82. The summed E-state index contributed by atoms with van der Waals surface area (Å²) in [5.41, 5.74) is 0.126. The van der Waals surface area contributed by atoms with Crippen molar-refractivity contribution in [1.29, 1.82) is 0 Å². The summed E-state index contributed by atoms with van der Waals surface area (Å²) in [6, 6.07) is 0. The Morgan fingerprint density at radius 2 is 1.87 bits per heavy atom. The Labute approximate surface area is 139 Å². The van der Waals surface area contributed by atoms with Crippen LogP contribution in [0.3, 0.4) is 0 Å². The van der Waals surface area contributed by atoms with Gasteiger partial charge in [-0.1, -0.05) is 38.2 Å². The average molecular weight is 318 g/mol. The van der Waals surface area contributed by atoms with Gasteiger partial charge in [0.1, 0.15) is 0 Å². The van der Waals surface area contributed by atoms with E-state index < -0.39 is 0 Å². The van der Waals surface area contributed by atoms with Crippen molar-refractivity contribution in [3.05, 3.63) is 24.3 Å². The predicted octanol–water partition coefficient (Wildman–Crippen LogP) is 2.93. The second-order valence-corrected chi connectivity index (χ2v) is 8.82. The van der Waals surface area contributed by atoms with Gasteiger partial charge in [0.15, 0.2) is 0 Å². The summed E-state index contributed by atoms with van der Waals surface area (Å²) in [4.78, 5) is 0. The maximum Gasteiger partial charge on any atom is 0.0780 e. The highest BCUT2D eigenvalue weighted by molar-refractivity contribution is 5.24. The number of allylic oxidation sites excluding steroid dienone is 2. The summed E-state index contributed by atoms with van der Waals surface area (Å²) < 4.78 is 5.96. The zero-order valence-electron chi connectivity index (χ0n) is 14.5. The highest BCUT2D eigenvalue weighted by atomic mass is 16.5. The van der Waals surface area contributed by atoms with Crippen LogP contribution in [0.4, 0.5) is 0 Å². The maximum atomic E-state index is 10.5. The third kappa shape index (κ3) is 2.06. The predicted molar refractivity (Wildman–Crippen MR) is 89.7 cm³/mol. The molecule has 128 valence electrons. The van der Waals surface area contributed by atoms with Crippen molar-refractivity contribution in [3.8, 4) is 0 Å². The molecule has 0 radical (unpaired) electrons. The molecule has 0 amide bonds. The molecule has 0 spiro atoms. The summed E-state index contributed by atoms with van der Waals surface area (Å²) in [6.45, 7) is 4.64. The highest BCUT2D eigenvalue weighted by Gasteiger charge is 2.61. The zero-order chi connectivity index (χ0) is 16.4. The summed E-state index contributed by atoms with van der Waals surface area (Å²) >= 11 is 0. The zero-order valence-corrected chi connectivity index (χ0v) is 14.5. The van der Waals surface area contributed by atoms with E-state index in [4.69, 9.17) is 4.74 Å². The van der Waals surface area contributed by atoms with Crippen LogP contribution in [0.2, 0.25) is 0 Å². The fraction of sp³-hybridized carbons (Fsp3) is 0.800. The van der Waals surface area contributed by atoms with Crippen LogP contribution in [0.25, 0.3) is 0 Å². The van der Waals surface area contributed by atoms with Crippen LogP contribution in [0.5, 0.6) is 0 Å². The first-order chi connectivity index (χ1) is 10.9. The first-order valence-electron chi connectivity index (χ1n) is 9.17. The number of rotatable bonds is 1. The molecule has 0 aromatic heterocycles. The monoisotopic (exact) mass is 318 g/mol. The highest BCUT2D eigenvalue weighted by Crippen LogP contribution is 2.64. The molecule has 4 aliphatic rings. The number of methoxy groups -OCH3 is 1. The van der Waals surface area contributed by atoms with Crippen LogP contribution >= 0.6 is 0 Å². The quantitative estimate of drug-likeness (QED) is 0.731. The normalized spacial score (nSPS) is 57.7. The Morgan fingerprint density at radius 1 is 1.09 bits per heavy atom. The van der Waals surface area contributed by atoms with Crippen LogP contribution in [-0.2, 0) is 4.74 Å². The number of hydrogen-bond acceptors (Lipinski definition) is 3. The lowest BCUT2D eigenvalue weighted by atomic mass is 9.45. The van der Waals surface area contributed by atoms with E-state index in [9.17, 15) is 10.2 Å². The maximum absolute atomic E-state index is 10.5. The van der Waals surface area contributed by atoms with E-state index in [1.165, 1.54) is 0 Å². The van der Waals surface area contributed by atoms with Gasteiger partial charge in [-0.3, -0.25) is 0 Å². The molecule has 2 N–H and O–H groups in total. The van der Waals surface area contributed by atoms with Crippen molar-refractivity contribution >= 4 is 0 Å². The van der Waals surface area contributed by atoms with Crippen LogP contribution in [0, 0.1) is 34.5 Å². The minimum atomic E-state index is -0.319. The van der Waals surface area contributed by atoms with Gasteiger partial charge in [0, 0.05) is 12.5 Å². The molecule has 2 fully saturated rings. The number of ether oxygens (including phenoxy) is 1. The smallest absolute Gasteiger partial charge is 0.0780 e. The summed E-state index contributed by atoms with van der Waals surface area (Å²) in [5.74, 6) is 1.93. The Balaban J connectivity index is 1.74. The van der Waals surface area contributed by atoms with E-state index >= 15 is 0 Å². The van der Waals surface area contributed by atoms with Gasteiger partial charge in [-0.2, -0.15) is 0 Å². The molecule has 0 unspecified atom stereocenters. The van der Waals surface area contributed by atoms with Gasteiger partial charge in [-0.25, -0.2) is 0 Å². The van der Waals surface area contributed by atoms with E-state index in [0.29, 0.717) is 23.7 Å². The third-order valence-electron chi connectivity index (χ3n) is 7.94.